The maximum Gasteiger partial charge on any atom is 0.280 e. The highest BCUT2D eigenvalue weighted by molar-refractivity contribution is 7.89. The highest BCUT2D eigenvalue weighted by Gasteiger charge is 2.20. The van der Waals surface area contributed by atoms with Crippen LogP contribution in [0.1, 0.15) is 20.9 Å². The Morgan fingerprint density at radius 2 is 1.58 bits per heavy atom. The third kappa shape index (κ3) is 5.33. The number of hydrogen-bond acceptors (Lipinski definition) is 5. The quantitative estimate of drug-likeness (QED) is 0.423. The largest absolute Gasteiger partial charge is 0.346 e. The number of nitrogens with two attached hydrogens (primary N) is 1. The van der Waals surface area contributed by atoms with Gasteiger partial charge in [-0.15, -0.1) is 11.3 Å². The average Bonchev–Trinajstić information content (AvgIpc) is 3.24. The summed E-state index contributed by atoms with van der Waals surface area (Å²) in [6.07, 6.45) is 0. The van der Waals surface area contributed by atoms with Crippen LogP contribution in [0, 0.1) is 12.7 Å². The third-order valence-electron chi connectivity index (χ3n) is 4.96. The van der Waals surface area contributed by atoms with E-state index in [1.165, 1.54) is 35.6 Å². The fourth-order valence-corrected chi connectivity index (χ4v) is 4.70. The number of hydrogen-bond donors (Lipinski definition) is 2. The van der Waals surface area contributed by atoms with Crippen LogP contribution in [0.15, 0.2) is 77.7 Å². The number of aromatic nitrogens is 1. The molecule has 3 aromatic carbocycles. The second-order valence-corrected chi connectivity index (χ2v) is 10.0. The summed E-state index contributed by atoms with van der Waals surface area (Å²) < 4.78 is 36.6. The Bertz CT molecular complexity index is 1400. The van der Waals surface area contributed by atoms with E-state index in [0.29, 0.717) is 28.2 Å². The second kappa shape index (κ2) is 9.22. The first kappa shape index (κ1) is 22.8. The van der Waals surface area contributed by atoms with Crippen molar-refractivity contribution in [2.45, 2.75) is 18.4 Å². The van der Waals surface area contributed by atoms with Gasteiger partial charge in [0.1, 0.15) is 5.82 Å². The number of sulfonamides is 1. The Morgan fingerprint density at radius 1 is 0.970 bits per heavy atom. The van der Waals surface area contributed by atoms with Gasteiger partial charge in [0.2, 0.25) is 10.0 Å². The zero-order chi connectivity index (χ0) is 23.6. The number of carbonyl (C=O) groups excluding carboxylic acids is 1. The minimum Gasteiger partial charge on any atom is -0.346 e. The van der Waals surface area contributed by atoms with Gasteiger partial charge in [-0.2, -0.15) is 0 Å². The molecule has 4 aromatic rings. The SMILES string of the molecule is Cc1ccc(CNC(=O)c2nc(-c3ccc(S(N)(=O)=O)cc3)c(-c3ccc(F)cc3)s2)cc1. The van der Waals surface area contributed by atoms with Crippen molar-refractivity contribution >= 4 is 27.3 Å². The summed E-state index contributed by atoms with van der Waals surface area (Å²) in [7, 11) is -3.84. The lowest BCUT2D eigenvalue weighted by atomic mass is 10.1. The maximum atomic E-state index is 13.5. The predicted molar refractivity (Wildman–Crippen MR) is 127 cm³/mol. The number of nitrogens with one attached hydrogen (secondary N) is 1. The smallest absolute Gasteiger partial charge is 0.280 e. The number of carbonyl (C=O) groups is 1. The zero-order valence-electron chi connectivity index (χ0n) is 17.6. The van der Waals surface area contributed by atoms with Crippen molar-refractivity contribution < 1.29 is 17.6 Å². The van der Waals surface area contributed by atoms with E-state index in [4.69, 9.17) is 5.14 Å². The van der Waals surface area contributed by atoms with Crippen LogP contribution in [-0.2, 0) is 16.6 Å². The Hall–Kier alpha value is -3.40. The molecule has 1 amide bonds. The third-order valence-corrected chi connectivity index (χ3v) is 6.99. The Balaban J connectivity index is 1.68. The molecule has 0 radical (unpaired) electrons. The molecule has 33 heavy (non-hydrogen) atoms. The van der Waals surface area contributed by atoms with Crippen molar-refractivity contribution in [2.75, 3.05) is 0 Å². The summed E-state index contributed by atoms with van der Waals surface area (Å²) in [4.78, 5) is 18.0. The van der Waals surface area contributed by atoms with Crippen molar-refractivity contribution in [1.29, 1.82) is 0 Å². The van der Waals surface area contributed by atoms with E-state index in [9.17, 15) is 17.6 Å². The average molecular weight is 482 g/mol. The lowest BCUT2D eigenvalue weighted by molar-refractivity contribution is 0.0950. The van der Waals surface area contributed by atoms with Crippen LogP contribution in [0.2, 0.25) is 0 Å². The number of amides is 1. The molecule has 0 bridgehead atoms. The lowest BCUT2D eigenvalue weighted by Gasteiger charge is -2.04. The molecular formula is C24H20FN3O3S2. The van der Waals surface area contributed by atoms with E-state index < -0.39 is 10.0 Å². The maximum absolute atomic E-state index is 13.5. The van der Waals surface area contributed by atoms with E-state index in [1.54, 1.807) is 24.3 Å². The zero-order valence-corrected chi connectivity index (χ0v) is 19.2. The standard InChI is InChI=1S/C24H20FN3O3S2/c1-15-2-4-16(5-3-15)14-27-23(29)24-28-21(17-8-12-20(13-9-17)33(26,30)31)22(32-24)18-6-10-19(25)11-7-18/h2-13H,14H2,1H3,(H,27,29)(H2,26,30,31). The summed E-state index contributed by atoms with van der Waals surface area (Å²) in [6, 6.07) is 19.6. The number of halogens is 1. The van der Waals surface area contributed by atoms with Gasteiger partial charge in [0.05, 0.1) is 15.5 Å². The Labute approximate surface area is 195 Å². The summed E-state index contributed by atoms with van der Waals surface area (Å²) >= 11 is 1.18. The van der Waals surface area contributed by atoms with Crippen molar-refractivity contribution in [2.24, 2.45) is 5.14 Å². The van der Waals surface area contributed by atoms with Crippen LogP contribution < -0.4 is 10.5 Å². The van der Waals surface area contributed by atoms with Gasteiger partial charge in [-0.25, -0.2) is 22.9 Å². The normalized spacial score (nSPS) is 11.4. The van der Waals surface area contributed by atoms with Crippen LogP contribution >= 0.6 is 11.3 Å². The first-order valence-electron chi connectivity index (χ1n) is 9.94. The number of benzene rings is 3. The summed E-state index contributed by atoms with van der Waals surface area (Å²) in [6.45, 7) is 2.34. The van der Waals surface area contributed by atoms with Gasteiger partial charge >= 0.3 is 0 Å². The van der Waals surface area contributed by atoms with Gasteiger partial charge in [0, 0.05) is 12.1 Å². The highest BCUT2D eigenvalue weighted by Crippen LogP contribution is 2.37. The van der Waals surface area contributed by atoms with Crippen LogP contribution in [0.4, 0.5) is 4.39 Å². The number of thiazole rings is 1. The lowest BCUT2D eigenvalue weighted by Crippen LogP contribution is -2.22. The molecule has 0 saturated carbocycles. The minimum absolute atomic E-state index is 0.0270. The molecule has 4 rings (SSSR count). The van der Waals surface area contributed by atoms with E-state index in [1.807, 2.05) is 31.2 Å². The van der Waals surface area contributed by atoms with Crippen molar-refractivity contribution in [3.8, 4) is 21.7 Å². The molecule has 0 spiro atoms. The van der Waals surface area contributed by atoms with Crippen LogP contribution in [0.3, 0.4) is 0 Å². The van der Waals surface area contributed by atoms with Gasteiger partial charge in [-0.05, 0) is 42.3 Å². The van der Waals surface area contributed by atoms with Gasteiger partial charge in [-0.3, -0.25) is 4.79 Å². The fourth-order valence-electron chi connectivity index (χ4n) is 3.18. The van der Waals surface area contributed by atoms with Gasteiger partial charge in [0.15, 0.2) is 5.01 Å². The van der Waals surface area contributed by atoms with Crippen LogP contribution in [0.25, 0.3) is 21.7 Å². The van der Waals surface area contributed by atoms with E-state index >= 15 is 0 Å². The molecule has 0 fully saturated rings. The predicted octanol–water partition coefficient (Wildman–Crippen LogP) is 4.50. The number of primary sulfonamides is 1. The molecule has 1 heterocycles. The Kier molecular flexibility index (Phi) is 6.37. The highest BCUT2D eigenvalue weighted by atomic mass is 32.2. The molecular weight excluding hydrogens is 461 g/mol. The first-order valence-corrected chi connectivity index (χ1v) is 12.3. The molecule has 0 atom stereocenters. The molecule has 0 aliphatic carbocycles. The summed E-state index contributed by atoms with van der Waals surface area (Å²) in [5.41, 5.74) is 3.88. The van der Waals surface area contributed by atoms with Crippen molar-refractivity contribution in [3.05, 3.63) is 94.7 Å². The van der Waals surface area contributed by atoms with Gasteiger partial charge in [0.25, 0.3) is 5.91 Å². The van der Waals surface area contributed by atoms with Gasteiger partial charge in [-0.1, -0.05) is 54.1 Å². The topological polar surface area (TPSA) is 102 Å². The molecule has 1 aromatic heterocycles. The summed E-state index contributed by atoms with van der Waals surface area (Å²) in [5.74, 6) is -0.713. The Morgan fingerprint density at radius 3 is 2.18 bits per heavy atom. The van der Waals surface area contributed by atoms with Gasteiger partial charge < -0.3 is 5.32 Å². The number of nitrogens with zero attached hydrogens (tertiary/aromatic N) is 1. The fraction of sp³-hybridized carbons (Fsp3) is 0.0833. The van der Waals surface area contributed by atoms with E-state index in [-0.39, 0.29) is 21.6 Å². The van der Waals surface area contributed by atoms with E-state index in [2.05, 4.69) is 10.3 Å². The van der Waals surface area contributed by atoms with Crippen LogP contribution in [-0.4, -0.2) is 19.3 Å². The first-order chi connectivity index (χ1) is 15.7. The molecule has 6 nitrogen and oxygen atoms in total. The molecule has 9 heteroatoms. The molecule has 0 aliphatic heterocycles. The molecule has 168 valence electrons. The van der Waals surface area contributed by atoms with E-state index in [0.717, 1.165) is 11.1 Å². The summed E-state index contributed by atoms with van der Waals surface area (Å²) in [5, 5.41) is 8.30. The molecule has 0 saturated heterocycles. The number of rotatable bonds is 6. The molecule has 0 aliphatic rings. The van der Waals surface area contributed by atoms with Crippen LogP contribution in [0.5, 0.6) is 0 Å². The number of aryl methyl sites for hydroxylation is 1. The molecule has 3 N–H and O–H groups in total. The van der Waals surface area contributed by atoms with Crippen molar-refractivity contribution in [3.63, 3.8) is 0 Å². The second-order valence-electron chi connectivity index (χ2n) is 7.44. The minimum atomic E-state index is -3.84. The molecule has 0 unspecified atom stereocenters. The van der Waals surface area contributed by atoms with Crippen molar-refractivity contribution in [1.82, 2.24) is 10.3 Å². The monoisotopic (exact) mass is 481 g/mol.